The van der Waals surface area contributed by atoms with Gasteiger partial charge in [-0.25, -0.2) is 9.67 Å². The Morgan fingerprint density at radius 3 is 2.83 bits per heavy atom. The molecule has 1 fully saturated rings. The summed E-state index contributed by atoms with van der Waals surface area (Å²) in [4.78, 5) is 3.99. The third-order valence-electron chi connectivity index (χ3n) is 3.15. The van der Waals surface area contributed by atoms with E-state index in [1.165, 1.54) is 0 Å². The number of aromatic nitrogens is 3. The molecule has 1 aliphatic rings. The summed E-state index contributed by atoms with van der Waals surface area (Å²) in [5, 5.41) is 7.75. The fourth-order valence-corrected chi connectivity index (χ4v) is 2.19. The first kappa shape index (κ1) is 11.2. The second-order valence-electron chi connectivity index (χ2n) is 4.39. The van der Waals surface area contributed by atoms with Crippen LogP contribution in [0.1, 0.15) is 12.8 Å². The molecule has 1 aromatic heterocycles. The summed E-state index contributed by atoms with van der Waals surface area (Å²) < 4.78 is 7.15. The molecule has 1 aliphatic heterocycles. The van der Waals surface area contributed by atoms with Crippen molar-refractivity contribution >= 4 is 5.69 Å². The number of ether oxygens (including phenoxy) is 1. The molecule has 5 nitrogen and oxygen atoms in total. The molecule has 94 valence electrons. The van der Waals surface area contributed by atoms with Crippen LogP contribution in [-0.2, 0) is 4.74 Å². The summed E-state index contributed by atoms with van der Waals surface area (Å²) in [6, 6.07) is 8.63. The van der Waals surface area contributed by atoms with Gasteiger partial charge in [0.15, 0.2) is 0 Å². The van der Waals surface area contributed by atoms with Crippen LogP contribution in [0.15, 0.2) is 36.9 Å². The minimum atomic E-state index is 0.475. The van der Waals surface area contributed by atoms with Gasteiger partial charge >= 0.3 is 0 Å². The lowest BCUT2D eigenvalue weighted by atomic mass is 10.1. The lowest BCUT2D eigenvalue weighted by Crippen LogP contribution is -2.28. The van der Waals surface area contributed by atoms with Crippen LogP contribution in [0.3, 0.4) is 0 Å². The van der Waals surface area contributed by atoms with E-state index in [1.54, 1.807) is 17.3 Å². The Morgan fingerprint density at radius 2 is 2.06 bits per heavy atom. The Kier molecular flexibility index (Phi) is 3.23. The smallest absolute Gasteiger partial charge is 0.138 e. The van der Waals surface area contributed by atoms with Gasteiger partial charge in [-0.2, -0.15) is 5.10 Å². The monoisotopic (exact) mass is 244 g/mol. The molecule has 1 aromatic carbocycles. The largest absolute Gasteiger partial charge is 0.381 e. The molecule has 18 heavy (non-hydrogen) atoms. The van der Waals surface area contributed by atoms with E-state index in [1.807, 2.05) is 18.2 Å². The summed E-state index contributed by atoms with van der Waals surface area (Å²) in [5.74, 6) is 0. The average molecular weight is 244 g/mol. The molecule has 0 amide bonds. The van der Waals surface area contributed by atoms with Crippen LogP contribution in [0.25, 0.3) is 5.69 Å². The summed E-state index contributed by atoms with van der Waals surface area (Å²) >= 11 is 0. The van der Waals surface area contributed by atoms with Crippen molar-refractivity contribution in [2.45, 2.75) is 18.9 Å². The number of nitrogens with zero attached hydrogens (tertiary/aromatic N) is 3. The fourth-order valence-electron chi connectivity index (χ4n) is 2.19. The first-order valence-electron chi connectivity index (χ1n) is 6.22. The normalized spacial score (nSPS) is 16.7. The van der Waals surface area contributed by atoms with Gasteiger partial charge in [0, 0.05) is 19.3 Å². The summed E-state index contributed by atoms with van der Waals surface area (Å²) in [6.07, 6.45) is 5.35. The third-order valence-corrected chi connectivity index (χ3v) is 3.15. The molecule has 0 aliphatic carbocycles. The molecule has 3 rings (SSSR count). The SMILES string of the molecule is c1ccc(-n2cncn2)c(NC2CCOCC2)c1. The van der Waals surface area contributed by atoms with Crippen LogP contribution in [0.5, 0.6) is 0 Å². The van der Waals surface area contributed by atoms with Crippen molar-refractivity contribution in [3.05, 3.63) is 36.9 Å². The number of benzene rings is 1. The molecule has 1 N–H and O–H groups in total. The van der Waals surface area contributed by atoms with Gasteiger partial charge in [-0.05, 0) is 25.0 Å². The zero-order valence-electron chi connectivity index (χ0n) is 10.1. The molecular formula is C13H16N4O. The van der Waals surface area contributed by atoms with Crippen LogP contribution >= 0.6 is 0 Å². The predicted molar refractivity (Wildman–Crippen MR) is 68.8 cm³/mol. The first-order valence-corrected chi connectivity index (χ1v) is 6.22. The summed E-state index contributed by atoms with van der Waals surface area (Å²) in [6.45, 7) is 1.67. The van der Waals surface area contributed by atoms with Crippen LogP contribution < -0.4 is 5.32 Å². The topological polar surface area (TPSA) is 52.0 Å². The standard InChI is InChI=1S/C13H16N4O/c1-2-4-13(17-10-14-9-15-17)12(3-1)16-11-5-7-18-8-6-11/h1-4,9-11,16H,5-8H2. The van der Waals surface area contributed by atoms with Gasteiger partial charge in [0.25, 0.3) is 0 Å². The van der Waals surface area contributed by atoms with Crippen molar-refractivity contribution in [3.63, 3.8) is 0 Å². The van der Waals surface area contributed by atoms with Gasteiger partial charge in [0.1, 0.15) is 12.7 Å². The number of anilines is 1. The van der Waals surface area contributed by atoms with Crippen LogP contribution in [0, 0.1) is 0 Å². The minimum Gasteiger partial charge on any atom is -0.381 e. The molecule has 0 bridgehead atoms. The van der Waals surface area contributed by atoms with E-state index in [2.05, 4.69) is 21.5 Å². The molecule has 0 atom stereocenters. The van der Waals surface area contributed by atoms with Gasteiger partial charge in [0.05, 0.1) is 11.4 Å². The molecule has 2 heterocycles. The molecular weight excluding hydrogens is 228 g/mol. The van der Waals surface area contributed by atoms with E-state index in [-0.39, 0.29) is 0 Å². The number of hydrogen-bond donors (Lipinski definition) is 1. The van der Waals surface area contributed by atoms with Crippen molar-refractivity contribution in [1.29, 1.82) is 0 Å². The van der Waals surface area contributed by atoms with E-state index in [9.17, 15) is 0 Å². The molecule has 0 radical (unpaired) electrons. The van der Waals surface area contributed by atoms with Crippen LogP contribution in [-0.4, -0.2) is 34.0 Å². The van der Waals surface area contributed by atoms with Crippen LogP contribution in [0.2, 0.25) is 0 Å². The highest BCUT2D eigenvalue weighted by atomic mass is 16.5. The highest BCUT2D eigenvalue weighted by molar-refractivity contribution is 5.60. The number of para-hydroxylation sites is 2. The van der Waals surface area contributed by atoms with E-state index in [0.717, 1.165) is 37.4 Å². The molecule has 0 saturated carbocycles. The van der Waals surface area contributed by atoms with Gasteiger partial charge in [-0.1, -0.05) is 12.1 Å². The average Bonchev–Trinajstić information content (AvgIpc) is 2.94. The quantitative estimate of drug-likeness (QED) is 0.895. The Hall–Kier alpha value is -1.88. The van der Waals surface area contributed by atoms with Gasteiger partial charge < -0.3 is 10.1 Å². The number of nitrogens with one attached hydrogen (secondary N) is 1. The highest BCUT2D eigenvalue weighted by Crippen LogP contribution is 2.22. The van der Waals surface area contributed by atoms with E-state index < -0.39 is 0 Å². The minimum absolute atomic E-state index is 0.475. The Balaban J connectivity index is 1.83. The Bertz CT molecular complexity index is 491. The fraction of sp³-hybridized carbons (Fsp3) is 0.385. The van der Waals surface area contributed by atoms with Gasteiger partial charge in [-0.15, -0.1) is 0 Å². The lowest BCUT2D eigenvalue weighted by Gasteiger charge is -2.25. The maximum atomic E-state index is 5.37. The maximum absolute atomic E-state index is 5.37. The summed E-state index contributed by atoms with van der Waals surface area (Å²) in [7, 11) is 0. The Morgan fingerprint density at radius 1 is 1.22 bits per heavy atom. The van der Waals surface area contributed by atoms with E-state index >= 15 is 0 Å². The zero-order valence-corrected chi connectivity index (χ0v) is 10.1. The van der Waals surface area contributed by atoms with Crippen molar-refractivity contribution in [2.75, 3.05) is 18.5 Å². The van der Waals surface area contributed by atoms with E-state index in [4.69, 9.17) is 4.74 Å². The molecule has 2 aromatic rings. The number of hydrogen-bond acceptors (Lipinski definition) is 4. The van der Waals surface area contributed by atoms with Gasteiger partial charge in [-0.3, -0.25) is 0 Å². The second-order valence-corrected chi connectivity index (χ2v) is 4.39. The molecule has 5 heteroatoms. The lowest BCUT2D eigenvalue weighted by molar-refractivity contribution is 0.0904. The highest BCUT2D eigenvalue weighted by Gasteiger charge is 2.15. The van der Waals surface area contributed by atoms with Crippen LogP contribution in [0.4, 0.5) is 5.69 Å². The van der Waals surface area contributed by atoms with Crippen molar-refractivity contribution in [3.8, 4) is 5.69 Å². The van der Waals surface area contributed by atoms with Crippen molar-refractivity contribution in [1.82, 2.24) is 14.8 Å². The van der Waals surface area contributed by atoms with Gasteiger partial charge in [0.2, 0.25) is 0 Å². The van der Waals surface area contributed by atoms with Crippen molar-refractivity contribution in [2.24, 2.45) is 0 Å². The molecule has 1 saturated heterocycles. The Labute approximate surface area is 106 Å². The van der Waals surface area contributed by atoms with Crippen molar-refractivity contribution < 1.29 is 4.74 Å². The first-order chi connectivity index (χ1) is 8.93. The molecule has 0 spiro atoms. The zero-order chi connectivity index (χ0) is 12.2. The van der Waals surface area contributed by atoms with E-state index in [0.29, 0.717) is 6.04 Å². The maximum Gasteiger partial charge on any atom is 0.138 e. The second kappa shape index (κ2) is 5.18. The summed E-state index contributed by atoms with van der Waals surface area (Å²) in [5.41, 5.74) is 2.12. The predicted octanol–water partition coefficient (Wildman–Crippen LogP) is 1.86. The molecule has 0 unspecified atom stereocenters. The third kappa shape index (κ3) is 2.36. The number of rotatable bonds is 3.